The lowest BCUT2D eigenvalue weighted by Crippen LogP contribution is -2.39. The van der Waals surface area contributed by atoms with E-state index < -0.39 is 0 Å². The number of benzene rings is 1. The fourth-order valence-corrected chi connectivity index (χ4v) is 1.93. The topological polar surface area (TPSA) is 44.0 Å². The number of aromatic nitrogens is 2. The number of aryl methyl sites for hydroxylation is 1. The zero-order chi connectivity index (χ0) is 13.8. The number of halogens is 1. The number of hydrogen-bond acceptors (Lipinski definition) is 2. The van der Waals surface area contributed by atoms with Crippen LogP contribution in [0.4, 0.5) is 4.39 Å². The van der Waals surface area contributed by atoms with Crippen molar-refractivity contribution in [2.45, 2.75) is 26.4 Å². The first kappa shape index (κ1) is 13.3. The van der Waals surface area contributed by atoms with Gasteiger partial charge in [0.2, 0.25) is 0 Å². The van der Waals surface area contributed by atoms with Gasteiger partial charge in [-0.25, -0.2) is 9.18 Å². The lowest BCUT2D eigenvalue weighted by Gasteiger charge is -2.09. The Morgan fingerprint density at radius 2 is 2.00 bits per heavy atom. The SMILES string of the molecule is CCCn1ccc(=O)n(Cc2cccc(F)c2)c1=O. The number of nitrogens with zero attached hydrogens (tertiary/aromatic N) is 2. The van der Waals surface area contributed by atoms with Crippen LogP contribution >= 0.6 is 0 Å². The third-order valence-corrected chi connectivity index (χ3v) is 2.83. The van der Waals surface area contributed by atoms with Crippen molar-refractivity contribution in [3.8, 4) is 0 Å². The van der Waals surface area contributed by atoms with Gasteiger partial charge in [0.1, 0.15) is 5.82 Å². The summed E-state index contributed by atoms with van der Waals surface area (Å²) in [6.45, 7) is 2.59. The van der Waals surface area contributed by atoms with Gasteiger partial charge in [0.15, 0.2) is 0 Å². The van der Waals surface area contributed by atoms with Crippen molar-refractivity contribution in [1.29, 1.82) is 0 Å². The van der Waals surface area contributed by atoms with Gasteiger partial charge >= 0.3 is 5.69 Å². The van der Waals surface area contributed by atoms with E-state index in [2.05, 4.69) is 0 Å². The van der Waals surface area contributed by atoms with Crippen LogP contribution in [0.2, 0.25) is 0 Å². The highest BCUT2D eigenvalue weighted by Crippen LogP contribution is 2.03. The average Bonchev–Trinajstić information content (AvgIpc) is 2.38. The summed E-state index contributed by atoms with van der Waals surface area (Å²) in [4.78, 5) is 23.8. The second-order valence-corrected chi connectivity index (χ2v) is 4.35. The molecule has 1 aromatic heterocycles. The minimum atomic E-state index is -0.379. The molecule has 1 aromatic carbocycles. The lowest BCUT2D eigenvalue weighted by molar-refractivity contribution is 0.568. The molecule has 5 heteroatoms. The van der Waals surface area contributed by atoms with Crippen molar-refractivity contribution in [1.82, 2.24) is 9.13 Å². The molecule has 2 rings (SSSR count). The molecule has 2 aromatic rings. The maximum absolute atomic E-state index is 13.1. The van der Waals surface area contributed by atoms with Gasteiger partial charge in [0, 0.05) is 18.8 Å². The molecule has 0 saturated heterocycles. The standard InChI is InChI=1S/C14H15FN2O2/c1-2-7-16-8-6-13(18)17(14(16)19)10-11-4-3-5-12(15)9-11/h3-6,8-9H,2,7,10H2,1H3. The number of rotatable bonds is 4. The molecule has 0 aliphatic rings. The van der Waals surface area contributed by atoms with Crippen LogP contribution in [0.1, 0.15) is 18.9 Å². The van der Waals surface area contributed by atoms with E-state index in [4.69, 9.17) is 0 Å². The zero-order valence-electron chi connectivity index (χ0n) is 10.7. The minimum Gasteiger partial charge on any atom is -0.300 e. The molecule has 0 fully saturated rings. The van der Waals surface area contributed by atoms with E-state index in [0.717, 1.165) is 11.0 Å². The minimum absolute atomic E-state index is 0.0833. The quantitative estimate of drug-likeness (QED) is 0.840. The van der Waals surface area contributed by atoms with E-state index in [-0.39, 0.29) is 23.6 Å². The zero-order valence-corrected chi connectivity index (χ0v) is 10.7. The summed E-state index contributed by atoms with van der Waals surface area (Å²) in [5.74, 6) is -0.379. The smallest absolute Gasteiger partial charge is 0.300 e. The third-order valence-electron chi connectivity index (χ3n) is 2.83. The van der Waals surface area contributed by atoms with Gasteiger partial charge < -0.3 is 4.57 Å². The van der Waals surface area contributed by atoms with Crippen LogP contribution in [0.5, 0.6) is 0 Å². The van der Waals surface area contributed by atoms with Crippen LogP contribution in [-0.2, 0) is 13.1 Å². The summed E-state index contributed by atoms with van der Waals surface area (Å²) >= 11 is 0. The molecule has 0 aliphatic heterocycles. The van der Waals surface area contributed by atoms with Crippen molar-refractivity contribution in [2.75, 3.05) is 0 Å². The van der Waals surface area contributed by atoms with Crippen molar-refractivity contribution in [2.24, 2.45) is 0 Å². The highest BCUT2D eigenvalue weighted by molar-refractivity contribution is 5.16. The van der Waals surface area contributed by atoms with Gasteiger partial charge in [-0.3, -0.25) is 9.36 Å². The van der Waals surface area contributed by atoms with E-state index in [1.54, 1.807) is 12.1 Å². The summed E-state index contributed by atoms with van der Waals surface area (Å²) < 4.78 is 15.7. The molecule has 0 atom stereocenters. The Balaban J connectivity index is 2.42. The van der Waals surface area contributed by atoms with E-state index in [1.165, 1.54) is 29.0 Å². The normalized spacial score (nSPS) is 10.6. The van der Waals surface area contributed by atoms with E-state index in [0.29, 0.717) is 12.1 Å². The summed E-state index contributed by atoms with van der Waals surface area (Å²) in [6.07, 6.45) is 2.30. The molecule has 19 heavy (non-hydrogen) atoms. The highest BCUT2D eigenvalue weighted by atomic mass is 19.1. The fraction of sp³-hybridized carbons (Fsp3) is 0.286. The predicted molar refractivity (Wildman–Crippen MR) is 70.8 cm³/mol. The van der Waals surface area contributed by atoms with Gasteiger partial charge in [-0.2, -0.15) is 0 Å². The Morgan fingerprint density at radius 1 is 1.21 bits per heavy atom. The summed E-state index contributed by atoms with van der Waals surface area (Å²) in [5.41, 5.74) is -0.145. The van der Waals surface area contributed by atoms with E-state index in [1.807, 2.05) is 6.92 Å². The number of hydrogen-bond donors (Lipinski definition) is 0. The fourth-order valence-electron chi connectivity index (χ4n) is 1.93. The molecule has 100 valence electrons. The van der Waals surface area contributed by atoms with Crippen molar-refractivity contribution >= 4 is 0 Å². The lowest BCUT2D eigenvalue weighted by atomic mass is 10.2. The maximum Gasteiger partial charge on any atom is 0.331 e. The van der Waals surface area contributed by atoms with Crippen LogP contribution in [0.3, 0.4) is 0 Å². The second-order valence-electron chi connectivity index (χ2n) is 4.35. The largest absolute Gasteiger partial charge is 0.331 e. The predicted octanol–water partition coefficient (Wildman–Crippen LogP) is 1.61. The van der Waals surface area contributed by atoms with Gasteiger partial charge in [-0.05, 0) is 24.1 Å². The molecule has 4 nitrogen and oxygen atoms in total. The molecular formula is C14H15FN2O2. The van der Waals surface area contributed by atoms with Crippen LogP contribution < -0.4 is 11.2 Å². The van der Waals surface area contributed by atoms with Gasteiger partial charge in [0.25, 0.3) is 5.56 Å². The molecule has 0 radical (unpaired) electrons. The summed E-state index contributed by atoms with van der Waals surface area (Å²) in [5, 5.41) is 0. The van der Waals surface area contributed by atoms with Gasteiger partial charge in [-0.1, -0.05) is 19.1 Å². The Morgan fingerprint density at radius 3 is 2.68 bits per heavy atom. The van der Waals surface area contributed by atoms with E-state index >= 15 is 0 Å². The Labute approximate surface area is 109 Å². The Kier molecular flexibility index (Phi) is 3.94. The third kappa shape index (κ3) is 2.99. The Hall–Kier alpha value is -2.17. The van der Waals surface area contributed by atoms with Crippen LogP contribution in [0, 0.1) is 5.82 Å². The van der Waals surface area contributed by atoms with Crippen LogP contribution in [0.15, 0.2) is 46.1 Å². The Bertz CT molecular complexity index is 688. The molecule has 0 spiro atoms. The van der Waals surface area contributed by atoms with Gasteiger partial charge in [0.05, 0.1) is 6.54 Å². The summed E-state index contributed by atoms with van der Waals surface area (Å²) in [6, 6.07) is 7.25. The van der Waals surface area contributed by atoms with E-state index in [9.17, 15) is 14.0 Å². The maximum atomic E-state index is 13.1. The average molecular weight is 262 g/mol. The van der Waals surface area contributed by atoms with Crippen molar-refractivity contribution < 1.29 is 4.39 Å². The second kappa shape index (κ2) is 5.65. The molecule has 0 bridgehead atoms. The molecule has 0 N–H and O–H groups in total. The first-order chi connectivity index (χ1) is 9.11. The first-order valence-electron chi connectivity index (χ1n) is 6.16. The monoisotopic (exact) mass is 262 g/mol. The first-order valence-corrected chi connectivity index (χ1v) is 6.16. The van der Waals surface area contributed by atoms with Crippen LogP contribution in [-0.4, -0.2) is 9.13 Å². The molecule has 0 aliphatic carbocycles. The van der Waals surface area contributed by atoms with Crippen molar-refractivity contribution in [3.63, 3.8) is 0 Å². The van der Waals surface area contributed by atoms with Crippen LogP contribution in [0.25, 0.3) is 0 Å². The highest BCUT2D eigenvalue weighted by Gasteiger charge is 2.06. The van der Waals surface area contributed by atoms with Gasteiger partial charge in [-0.15, -0.1) is 0 Å². The molecule has 0 unspecified atom stereocenters. The molecular weight excluding hydrogens is 247 g/mol. The molecule has 0 saturated carbocycles. The van der Waals surface area contributed by atoms with Crippen molar-refractivity contribution in [3.05, 3.63) is 68.7 Å². The molecule has 1 heterocycles. The molecule has 0 amide bonds. The summed E-state index contributed by atoms with van der Waals surface area (Å²) in [7, 11) is 0.